The number of rotatable bonds is 5. The molecule has 6 heteroatoms. The molecule has 0 saturated heterocycles. The Bertz CT molecular complexity index is 273. The van der Waals surface area contributed by atoms with Gasteiger partial charge < -0.3 is 20.1 Å². The van der Waals surface area contributed by atoms with E-state index >= 15 is 0 Å². The second-order valence-corrected chi connectivity index (χ2v) is 3.53. The number of hydrogen-bond acceptors (Lipinski definition) is 4. The molecule has 6 nitrogen and oxygen atoms in total. The van der Waals surface area contributed by atoms with E-state index < -0.39 is 5.97 Å². The summed E-state index contributed by atoms with van der Waals surface area (Å²) in [4.78, 5) is 18.4. The van der Waals surface area contributed by atoms with Crippen LogP contribution in [0.5, 0.6) is 0 Å². The van der Waals surface area contributed by atoms with Gasteiger partial charge in [-0.15, -0.1) is 0 Å². The molecule has 0 saturated carbocycles. The van der Waals surface area contributed by atoms with Gasteiger partial charge in [0.2, 0.25) is 0 Å². The van der Waals surface area contributed by atoms with Crippen molar-refractivity contribution in [3.8, 4) is 0 Å². The molecule has 0 aliphatic rings. The maximum Gasteiger partial charge on any atom is 0.309 e. The van der Waals surface area contributed by atoms with Crippen LogP contribution < -0.4 is 0 Å². The maximum absolute atomic E-state index is 10.0. The van der Waals surface area contributed by atoms with E-state index in [2.05, 4.69) is 14.9 Å². The van der Waals surface area contributed by atoms with Gasteiger partial charge in [-0.1, -0.05) is 0 Å². The van der Waals surface area contributed by atoms with E-state index in [1.807, 2.05) is 14.1 Å². The Balaban J connectivity index is 0.000000293. The molecule has 0 aliphatic carbocycles. The van der Waals surface area contributed by atoms with Crippen molar-refractivity contribution in [2.45, 2.75) is 12.8 Å². The van der Waals surface area contributed by atoms with Crippen molar-refractivity contribution in [2.24, 2.45) is 0 Å². The van der Waals surface area contributed by atoms with Crippen LogP contribution in [0.1, 0.15) is 12.1 Å². The number of carbonyl (C=O) groups is 1. The number of hydrogen-bond donors (Lipinski definition) is 3. The Morgan fingerprint density at radius 2 is 2.25 bits per heavy atom. The van der Waals surface area contributed by atoms with Gasteiger partial charge in [0.1, 0.15) is 0 Å². The van der Waals surface area contributed by atoms with Crippen molar-refractivity contribution in [1.82, 2.24) is 14.9 Å². The van der Waals surface area contributed by atoms with Crippen LogP contribution >= 0.6 is 0 Å². The van der Waals surface area contributed by atoms with Gasteiger partial charge in [-0.25, -0.2) is 4.98 Å². The number of imidazole rings is 1. The average molecular weight is 229 g/mol. The zero-order chi connectivity index (χ0) is 12.4. The van der Waals surface area contributed by atoms with E-state index in [0.29, 0.717) is 12.3 Å². The fourth-order valence-electron chi connectivity index (χ4n) is 0.931. The van der Waals surface area contributed by atoms with E-state index in [1.165, 1.54) is 12.5 Å². The zero-order valence-electron chi connectivity index (χ0n) is 9.68. The molecule has 3 N–H and O–H groups in total. The van der Waals surface area contributed by atoms with Crippen LogP contribution in [0.3, 0.4) is 0 Å². The number of H-pyrrole nitrogens is 1. The van der Waals surface area contributed by atoms with Gasteiger partial charge >= 0.3 is 5.97 Å². The topological polar surface area (TPSA) is 89.4 Å². The Morgan fingerprint density at radius 3 is 2.56 bits per heavy atom. The van der Waals surface area contributed by atoms with Gasteiger partial charge in [0.25, 0.3) is 0 Å². The first-order chi connectivity index (χ1) is 7.56. The lowest BCUT2D eigenvalue weighted by Gasteiger charge is -2.05. The lowest BCUT2D eigenvalue weighted by atomic mass is 10.3. The number of carboxylic acids is 1. The number of nitrogens with one attached hydrogen (secondary N) is 1. The molecule has 0 fully saturated rings. The maximum atomic E-state index is 10.0. The summed E-state index contributed by atoms with van der Waals surface area (Å²) in [6, 6.07) is 0. The van der Waals surface area contributed by atoms with Crippen LogP contribution in [0.2, 0.25) is 0 Å². The van der Waals surface area contributed by atoms with Crippen molar-refractivity contribution >= 4 is 5.97 Å². The SMILES string of the molecule is CN(C)CCCO.O=C(O)Cc1cnc[nH]1. The third-order valence-electron chi connectivity index (χ3n) is 1.66. The summed E-state index contributed by atoms with van der Waals surface area (Å²) in [5.74, 6) is -0.848. The van der Waals surface area contributed by atoms with Crippen LogP contribution in [-0.4, -0.2) is 58.3 Å². The van der Waals surface area contributed by atoms with Crippen molar-refractivity contribution in [2.75, 3.05) is 27.2 Å². The van der Waals surface area contributed by atoms with Crippen LogP contribution in [0.15, 0.2) is 12.5 Å². The highest BCUT2D eigenvalue weighted by molar-refractivity contribution is 5.69. The molecule has 1 aromatic heterocycles. The smallest absolute Gasteiger partial charge is 0.309 e. The number of aliphatic hydroxyl groups is 1. The van der Waals surface area contributed by atoms with Gasteiger partial charge in [0, 0.05) is 18.5 Å². The predicted molar refractivity (Wildman–Crippen MR) is 60.2 cm³/mol. The minimum atomic E-state index is -0.848. The highest BCUT2D eigenvalue weighted by Crippen LogP contribution is 1.90. The summed E-state index contributed by atoms with van der Waals surface area (Å²) in [5, 5.41) is 16.5. The van der Waals surface area contributed by atoms with Crippen LogP contribution in [-0.2, 0) is 11.2 Å². The molecule has 1 aromatic rings. The molecule has 16 heavy (non-hydrogen) atoms. The molecule has 0 unspecified atom stereocenters. The average Bonchev–Trinajstić information content (AvgIpc) is 2.67. The van der Waals surface area contributed by atoms with Gasteiger partial charge in [-0.2, -0.15) is 0 Å². The first kappa shape index (κ1) is 14.6. The first-order valence-corrected chi connectivity index (χ1v) is 5.01. The second kappa shape index (κ2) is 8.87. The summed E-state index contributed by atoms with van der Waals surface area (Å²) < 4.78 is 0. The van der Waals surface area contributed by atoms with Crippen LogP contribution in [0, 0.1) is 0 Å². The van der Waals surface area contributed by atoms with E-state index in [0.717, 1.165) is 13.0 Å². The third-order valence-corrected chi connectivity index (χ3v) is 1.66. The van der Waals surface area contributed by atoms with Crippen LogP contribution in [0.4, 0.5) is 0 Å². The number of aliphatic hydroxyl groups excluding tert-OH is 1. The Hall–Kier alpha value is -1.40. The predicted octanol–water partition coefficient (Wildman–Crippen LogP) is -0.0328. The molecular weight excluding hydrogens is 210 g/mol. The number of aromatic amines is 1. The molecule has 1 heterocycles. The number of carboxylic acid groups (broad SMARTS) is 1. The van der Waals surface area contributed by atoms with Crippen molar-refractivity contribution in [3.63, 3.8) is 0 Å². The Kier molecular flexibility index (Phi) is 8.10. The van der Waals surface area contributed by atoms with E-state index in [1.54, 1.807) is 0 Å². The van der Waals surface area contributed by atoms with Gasteiger partial charge in [0.05, 0.1) is 12.7 Å². The molecule has 0 atom stereocenters. The molecular formula is C10H19N3O3. The second-order valence-electron chi connectivity index (χ2n) is 3.53. The van der Waals surface area contributed by atoms with Gasteiger partial charge in [-0.3, -0.25) is 4.79 Å². The minimum Gasteiger partial charge on any atom is -0.481 e. The van der Waals surface area contributed by atoms with Crippen molar-refractivity contribution in [1.29, 1.82) is 0 Å². The normalized spacial score (nSPS) is 9.75. The highest BCUT2D eigenvalue weighted by atomic mass is 16.4. The minimum absolute atomic E-state index is 0.0139. The lowest BCUT2D eigenvalue weighted by molar-refractivity contribution is -0.136. The fraction of sp³-hybridized carbons (Fsp3) is 0.600. The standard InChI is InChI=1S/C5H6N2O2.C5H13NO/c8-5(9)1-4-2-6-3-7-4;1-6(2)4-3-5-7/h2-3H,1H2,(H,6,7)(H,8,9);7H,3-5H2,1-2H3. The van der Waals surface area contributed by atoms with E-state index in [4.69, 9.17) is 10.2 Å². The number of aliphatic carboxylic acids is 1. The summed E-state index contributed by atoms with van der Waals surface area (Å²) in [6.07, 6.45) is 3.85. The fourth-order valence-corrected chi connectivity index (χ4v) is 0.931. The molecule has 0 aliphatic heterocycles. The first-order valence-electron chi connectivity index (χ1n) is 5.01. The quantitative estimate of drug-likeness (QED) is 0.659. The third kappa shape index (κ3) is 9.17. The van der Waals surface area contributed by atoms with Crippen molar-refractivity contribution < 1.29 is 15.0 Å². The Morgan fingerprint density at radius 1 is 1.56 bits per heavy atom. The summed E-state index contributed by atoms with van der Waals surface area (Å²) in [7, 11) is 3.99. The summed E-state index contributed by atoms with van der Waals surface area (Å²) >= 11 is 0. The van der Waals surface area contributed by atoms with Crippen molar-refractivity contribution in [3.05, 3.63) is 18.2 Å². The lowest BCUT2D eigenvalue weighted by Crippen LogP contribution is -2.13. The molecule has 0 aromatic carbocycles. The summed E-state index contributed by atoms with van der Waals surface area (Å²) in [6.45, 7) is 1.29. The van der Waals surface area contributed by atoms with E-state index in [-0.39, 0.29) is 6.42 Å². The van der Waals surface area contributed by atoms with Crippen LogP contribution in [0.25, 0.3) is 0 Å². The largest absolute Gasteiger partial charge is 0.481 e. The molecule has 0 spiro atoms. The zero-order valence-corrected chi connectivity index (χ0v) is 9.68. The highest BCUT2D eigenvalue weighted by Gasteiger charge is 1.98. The van der Waals surface area contributed by atoms with E-state index in [9.17, 15) is 4.79 Å². The molecule has 92 valence electrons. The monoisotopic (exact) mass is 229 g/mol. The molecule has 0 bridgehead atoms. The van der Waals surface area contributed by atoms with Gasteiger partial charge in [0.15, 0.2) is 0 Å². The molecule has 0 amide bonds. The van der Waals surface area contributed by atoms with Gasteiger partial charge in [-0.05, 0) is 27.1 Å². The Labute approximate surface area is 94.9 Å². The number of nitrogens with zero attached hydrogens (tertiary/aromatic N) is 2. The molecule has 0 radical (unpaired) electrons. The summed E-state index contributed by atoms with van der Waals surface area (Å²) in [5.41, 5.74) is 0.627. The molecule has 1 rings (SSSR count). The number of aromatic nitrogens is 2.